The van der Waals surface area contributed by atoms with Gasteiger partial charge in [-0.2, -0.15) is 0 Å². The van der Waals surface area contributed by atoms with Crippen molar-refractivity contribution in [3.63, 3.8) is 0 Å². The Kier molecular flexibility index (Phi) is 7.68. The summed E-state index contributed by atoms with van der Waals surface area (Å²) in [5, 5.41) is 2.12. The lowest BCUT2D eigenvalue weighted by atomic mass is 9.92. The van der Waals surface area contributed by atoms with Gasteiger partial charge in [0.1, 0.15) is 5.65 Å². The van der Waals surface area contributed by atoms with Gasteiger partial charge in [-0.05, 0) is 60.1 Å². The lowest BCUT2D eigenvalue weighted by Gasteiger charge is -2.19. The van der Waals surface area contributed by atoms with Crippen LogP contribution in [0.3, 0.4) is 0 Å². The van der Waals surface area contributed by atoms with Crippen LogP contribution in [0.1, 0.15) is 19.4 Å². The summed E-state index contributed by atoms with van der Waals surface area (Å²) in [6, 6.07) is 35.2. The molecule has 0 saturated heterocycles. The molecule has 1 N–H and O–H groups in total. The number of aromatic amines is 1. The average molecular weight is 559 g/mol. The summed E-state index contributed by atoms with van der Waals surface area (Å²) in [7, 11) is 0.552. The van der Waals surface area contributed by atoms with Gasteiger partial charge in [0.2, 0.25) is 0 Å². The number of aromatic nitrogens is 2. The number of fused-ring (bicyclic) bond motifs is 3. The highest BCUT2D eigenvalue weighted by Crippen LogP contribution is 2.41. The van der Waals surface area contributed by atoms with Crippen molar-refractivity contribution in [1.29, 1.82) is 0 Å². The molecule has 1 atom stereocenters. The predicted molar refractivity (Wildman–Crippen MR) is 172 cm³/mol. The Morgan fingerprint density at radius 1 is 0.805 bits per heavy atom. The zero-order valence-electron chi connectivity index (χ0n) is 23.7. The Morgan fingerprint density at radius 2 is 1.49 bits per heavy atom. The number of hydrogen-bond acceptors (Lipinski definition) is 3. The first-order chi connectivity index (χ1) is 20.1. The molecule has 1 unspecified atom stereocenters. The van der Waals surface area contributed by atoms with E-state index < -0.39 is 11.0 Å². The molecule has 0 aliphatic heterocycles. The standard InChI is InChI=1S/C35H34N4OS/c1-4-39(5-2)24-25-16-18-26(19-17-25)31-23-36-35-34(33(31)27-12-8-6-9-13-27)30-22-28(20-21-32(30)37-35)38(3)41(40)29-14-10-7-11-15-29/h6-23H,4-5,24H2,1-3H3,(H,36,37). The smallest absolute Gasteiger partial charge is 0.152 e. The van der Waals surface area contributed by atoms with E-state index in [2.05, 4.69) is 84.4 Å². The number of rotatable bonds is 9. The number of hydrogen-bond donors (Lipinski definition) is 1. The minimum atomic E-state index is -1.32. The van der Waals surface area contributed by atoms with Crippen LogP contribution in [-0.4, -0.2) is 39.2 Å². The molecule has 0 spiro atoms. The van der Waals surface area contributed by atoms with Gasteiger partial charge in [-0.15, -0.1) is 0 Å². The molecule has 6 heteroatoms. The Labute approximate surface area is 244 Å². The van der Waals surface area contributed by atoms with Crippen molar-refractivity contribution in [3.05, 3.63) is 115 Å². The number of H-pyrrole nitrogens is 1. The quantitative estimate of drug-likeness (QED) is 0.195. The average Bonchev–Trinajstić information content (AvgIpc) is 3.41. The topological polar surface area (TPSA) is 52.2 Å². The molecule has 41 heavy (non-hydrogen) atoms. The molecule has 0 fully saturated rings. The van der Waals surface area contributed by atoms with Gasteiger partial charge in [0.05, 0.1) is 10.6 Å². The molecule has 0 bridgehead atoms. The van der Waals surface area contributed by atoms with E-state index in [-0.39, 0.29) is 0 Å². The normalized spacial score (nSPS) is 12.3. The first kappa shape index (κ1) is 26.9. The summed E-state index contributed by atoms with van der Waals surface area (Å²) in [4.78, 5) is 11.6. The van der Waals surface area contributed by atoms with Crippen molar-refractivity contribution >= 4 is 38.6 Å². The van der Waals surface area contributed by atoms with Crippen LogP contribution in [-0.2, 0) is 17.5 Å². The predicted octanol–water partition coefficient (Wildman–Crippen LogP) is 8.05. The summed E-state index contributed by atoms with van der Waals surface area (Å²) >= 11 is 0. The fourth-order valence-corrected chi connectivity index (χ4v) is 6.46. The number of nitrogens with zero attached hydrogens (tertiary/aromatic N) is 3. The van der Waals surface area contributed by atoms with Crippen molar-refractivity contribution in [3.8, 4) is 22.3 Å². The van der Waals surface area contributed by atoms with Crippen LogP contribution >= 0.6 is 0 Å². The van der Waals surface area contributed by atoms with Crippen LogP contribution in [0.4, 0.5) is 5.69 Å². The zero-order valence-corrected chi connectivity index (χ0v) is 24.5. The maximum absolute atomic E-state index is 13.4. The van der Waals surface area contributed by atoms with E-state index in [0.717, 1.165) is 74.4 Å². The second kappa shape index (κ2) is 11.7. The molecule has 2 aromatic heterocycles. The molecular weight excluding hydrogens is 524 g/mol. The molecular formula is C35H34N4OS. The molecule has 0 aliphatic carbocycles. The second-order valence-electron chi connectivity index (χ2n) is 10.2. The highest BCUT2D eigenvalue weighted by Gasteiger charge is 2.19. The van der Waals surface area contributed by atoms with E-state index in [1.807, 2.05) is 60.0 Å². The number of nitrogens with one attached hydrogen (secondary N) is 1. The van der Waals surface area contributed by atoms with Crippen molar-refractivity contribution in [2.75, 3.05) is 24.4 Å². The molecule has 2 heterocycles. The van der Waals surface area contributed by atoms with Gasteiger partial charge in [0.15, 0.2) is 11.0 Å². The molecule has 6 aromatic rings. The van der Waals surface area contributed by atoms with Gasteiger partial charge in [-0.3, -0.25) is 9.21 Å². The van der Waals surface area contributed by atoms with E-state index >= 15 is 0 Å². The second-order valence-corrected chi connectivity index (χ2v) is 11.7. The number of benzene rings is 4. The summed E-state index contributed by atoms with van der Waals surface area (Å²) in [5.41, 5.74) is 8.52. The molecule has 0 saturated carbocycles. The van der Waals surface area contributed by atoms with Crippen LogP contribution in [0.25, 0.3) is 44.2 Å². The zero-order chi connectivity index (χ0) is 28.3. The Hall–Kier alpha value is -4.26. The highest BCUT2D eigenvalue weighted by atomic mass is 32.2. The van der Waals surface area contributed by atoms with Crippen molar-refractivity contribution in [1.82, 2.24) is 14.9 Å². The van der Waals surface area contributed by atoms with Gasteiger partial charge in [0.25, 0.3) is 0 Å². The van der Waals surface area contributed by atoms with Gasteiger partial charge in [0, 0.05) is 47.2 Å². The van der Waals surface area contributed by atoms with Crippen LogP contribution in [0.15, 0.2) is 114 Å². The molecule has 0 amide bonds. The van der Waals surface area contributed by atoms with E-state index in [4.69, 9.17) is 4.98 Å². The molecule has 5 nitrogen and oxygen atoms in total. The number of pyridine rings is 1. The van der Waals surface area contributed by atoms with E-state index in [9.17, 15) is 4.21 Å². The van der Waals surface area contributed by atoms with Crippen molar-refractivity contribution < 1.29 is 4.21 Å². The molecule has 0 aliphatic rings. The molecule has 6 rings (SSSR count). The Bertz CT molecular complexity index is 1810. The van der Waals surface area contributed by atoms with Crippen LogP contribution in [0, 0.1) is 0 Å². The highest BCUT2D eigenvalue weighted by molar-refractivity contribution is 7.86. The fraction of sp³-hybridized carbons (Fsp3) is 0.171. The van der Waals surface area contributed by atoms with Gasteiger partial charge in [-0.1, -0.05) is 86.6 Å². The molecule has 206 valence electrons. The molecule has 4 aromatic carbocycles. The lowest BCUT2D eigenvalue weighted by molar-refractivity contribution is 0.296. The third-order valence-electron chi connectivity index (χ3n) is 7.79. The third-order valence-corrected chi connectivity index (χ3v) is 9.17. The summed E-state index contributed by atoms with van der Waals surface area (Å²) in [6.45, 7) is 7.42. The Balaban J connectivity index is 1.50. The van der Waals surface area contributed by atoms with Gasteiger partial charge in [-0.25, -0.2) is 9.19 Å². The third kappa shape index (κ3) is 5.29. The van der Waals surface area contributed by atoms with E-state index in [1.165, 1.54) is 5.56 Å². The van der Waals surface area contributed by atoms with Crippen LogP contribution in [0.5, 0.6) is 0 Å². The summed E-state index contributed by atoms with van der Waals surface area (Å²) in [5.74, 6) is 0. The first-order valence-corrected chi connectivity index (χ1v) is 15.2. The van der Waals surface area contributed by atoms with E-state index in [0.29, 0.717) is 0 Å². The van der Waals surface area contributed by atoms with Crippen molar-refractivity contribution in [2.45, 2.75) is 25.3 Å². The fourth-order valence-electron chi connectivity index (χ4n) is 5.45. The summed E-state index contributed by atoms with van der Waals surface area (Å²) in [6.07, 6.45) is 1.98. The maximum atomic E-state index is 13.4. The first-order valence-electron chi connectivity index (χ1n) is 14.1. The van der Waals surface area contributed by atoms with Crippen molar-refractivity contribution in [2.24, 2.45) is 0 Å². The van der Waals surface area contributed by atoms with Gasteiger partial charge >= 0.3 is 0 Å². The maximum Gasteiger partial charge on any atom is 0.152 e. The SMILES string of the molecule is CCN(CC)Cc1ccc(-c2cnc3[nH]c4ccc(N(C)S(=O)c5ccccc5)cc4c3c2-c2ccccc2)cc1. The largest absolute Gasteiger partial charge is 0.339 e. The lowest BCUT2D eigenvalue weighted by Crippen LogP contribution is -2.21. The summed E-state index contributed by atoms with van der Waals surface area (Å²) < 4.78 is 15.2. The number of anilines is 1. The minimum Gasteiger partial charge on any atom is -0.339 e. The monoisotopic (exact) mass is 558 g/mol. The minimum absolute atomic E-state index is 0.771. The van der Waals surface area contributed by atoms with Crippen LogP contribution in [0.2, 0.25) is 0 Å². The van der Waals surface area contributed by atoms with Crippen LogP contribution < -0.4 is 4.31 Å². The Morgan fingerprint density at radius 3 is 2.17 bits per heavy atom. The molecule has 0 radical (unpaired) electrons. The van der Waals surface area contributed by atoms with E-state index in [1.54, 1.807) is 0 Å². The van der Waals surface area contributed by atoms with Gasteiger partial charge < -0.3 is 4.98 Å².